The molecule has 0 atom stereocenters. The molecule has 0 aliphatic carbocycles. The maximum atomic E-state index is 5.42. The Labute approximate surface area is 91.7 Å². The maximum Gasteiger partial charge on any atom is 0.0545 e. The molecular formula is C12H21NO2. The number of hydrogen-bond acceptors (Lipinski definition) is 3. The molecule has 0 amide bonds. The van der Waals surface area contributed by atoms with Crippen molar-refractivity contribution in [2.45, 2.75) is 31.7 Å². The first-order chi connectivity index (χ1) is 7.38. The van der Waals surface area contributed by atoms with Gasteiger partial charge in [-0.2, -0.15) is 0 Å². The summed E-state index contributed by atoms with van der Waals surface area (Å²) in [6.07, 6.45) is 5.18. The number of nitrogens with zero attached hydrogens (tertiary/aromatic N) is 1. The van der Waals surface area contributed by atoms with Crippen molar-refractivity contribution in [2.75, 3.05) is 39.5 Å². The molecule has 3 fully saturated rings. The molecule has 0 unspecified atom stereocenters. The lowest BCUT2D eigenvalue weighted by Crippen LogP contribution is -2.53. The van der Waals surface area contributed by atoms with Gasteiger partial charge in [0, 0.05) is 24.7 Å². The van der Waals surface area contributed by atoms with E-state index in [2.05, 4.69) is 4.90 Å². The Morgan fingerprint density at radius 2 is 1.60 bits per heavy atom. The van der Waals surface area contributed by atoms with Crippen molar-refractivity contribution in [3.8, 4) is 0 Å². The number of piperidine rings is 1. The van der Waals surface area contributed by atoms with E-state index in [0.717, 1.165) is 32.5 Å². The molecule has 0 radical (unpaired) electrons. The highest BCUT2D eigenvalue weighted by Crippen LogP contribution is 2.39. The quantitative estimate of drug-likeness (QED) is 0.652. The molecule has 3 heterocycles. The van der Waals surface area contributed by atoms with Gasteiger partial charge < -0.3 is 14.4 Å². The standard InChI is InChI=1S/C12H21NO2/c1-7-14-8-2-11(1)13-5-3-12(4-6-13)9-15-10-12/h11H,1-10H2. The predicted molar refractivity (Wildman–Crippen MR) is 57.9 cm³/mol. The van der Waals surface area contributed by atoms with Gasteiger partial charge in [0.05, 0.1) is 13.2 Å². The SMILES string of the molecule is C1CC(N2CCC3(CC2)COC3)CCO1. The van der Waals surface area contributed by atoms with Crippen molar-refractivity contribution in [1.29, 1.82) is 0 Å². The molecule has 3 saturated heterocycles. The Bertz CT molecular complexity index is 212. The average Bonchev–Trinajstić information content (AvgIpc) is 2.28. The third-order valence-corrected chi connectivity index (χ3v) is 4.38. The average molecular weight is 211 g/mol. The molecule has 1 spiro atoms. The predicted octanol–water partition coefficient (Wildman–Crippen LogP) is 1.28. The van der Waals surface area contributed by atoms with Crippen molar-refractivity contribution < 1.29 is 9.47 Å². The van der Waals surface area contributed by atoms with Crippen molar-refractivity contribution in [2.24, 2.45) is 5.41 Å². The van der Waals surface area contributed by atoms with Gasteiger partial charge in [-0.1, -0.05) is 0 Å². The lowest BCUT2D eigenvalue weighted by atomic mass is 9.76. The summed E-state index contributed by atoms with van der Waals surface area (Å²) in [5, 5.41) is 0. The van der Waals surface area contributed by atoms with Crippen molar-refractivity contribution in [1.82, 2.24) is 4.90 Å². The number of rotatable bonds is 1. The van der Waals surface area contributed by atoms with Crippen LogP contribution < -0.4 is 0 Å². The highest BCUT2D eigenvalue weighted by atomic mass is 16.5. The van der Waals surface area contributed by atoms with Gasteiger partial charge >= 0.3 is 0 Å². The summed E-state index contributed by atoms with van der Waals surface area (Å²) in [6, 6.07) is 0.803. The first-order valence-corrected chi connectivity index (χ1v) is 6.28. The van der Waals surface area contributed by atoms with E-state index in [1.165, 1.54) is 38.8 Å². The van der Waals surface area contributed by atoms with Gasteiger partial charge in [0.15, 0.2) is 0 Å². The summed E-state index contributed by atoms with van der Waals surface area (Å²) in [4.78, 5) is 2.69. The van der Waals surface area contributed by atoms with E-state index in [-0.39, 0.29) is 0 Å². The van der Waals surface area contributed by atoms with Crippen LogP contribution in [0.1, 0.15) is 25.7 Å². The Kier molecular flexibility index (Phi) is 2.71. The van der Waals surface area contributed by atoms with Crippen LogP contribution in [0.3, 0.4) is 0 Å². The fourth-order valence-corrected chi connectivity index (χ4v) is 3.09. The Morgan fingerprint density at radius 3 is 2.13 bits per heavy atom. The van der Waals surface area contributed by atoms with Gasteiger partial charge in [0.2, 0.25) is 0 Å². The summed E-state index contributed by atoms with van der Waals surface area (Å²) in [5.74, 6) is 0. The second kappa shape index (κ2) is 4.04. The molecule has 3 aliphatic heterocycles. The van der Waals surface area contributed by atoms with Crippen LogP contribution in [0, 0.1) is 5.41 Å². The van der Waals surface area contributed by atoms with Crippen LogP contribution in [0.2, 0.25) is 0 Å². The highest BCUT2D eigenvalue weighted by molar-refractivity contribution is 4.92. The summed E-state index contributed by atoms with van der Waals surface area (Å²) >= 11 is 0. The molecule has 0 N–H and O–H groups in total. The molecule has 0 aromatic rings. The molecule has 3 rings (SSSR count). The molecular weight excluding hydrogens is 190 g/mol. The Morgan fingerprint density at radius 1 is 0.933 bits per heavy atom. The highest BCUT2D eigenvalue weighted by Gasteiger charge is 2.42. The van der Waals surface area contributed by atoms with E-state index in [9.17, 15) is 0 Å². The van der Waals surface area contributed by atoms with Crippen molar-refractivity contribution in [3.63, 3.8) is 0 Å². The van der Waals surface area contributed by atoms with Crippen molar-refractivity contribution >= 4 is 0 Å². The molecule has 0 aromatic carbocycles. The van der Waals surface area contributed by atoms with Crippen LogP contribution in [-0.4, -0.2) is 50.5 Å². The molecule has 3 nitrogen and oxygen atoms in total. The Hall–Kier alpha value is -0.120. The minimum Gasteiger partial charge on any atom is -0.381 e. The summed E-state index contributed by atoms with van der Waals surface area (Å²) in [5.41, 5.74) is 0.585. The zero-order chi connectivity index (χ0) is 10.1. The van der Waals surface area contributed by atoms with E-state index in [1.807, 2.05) is 0 Å². The van der Waals surface area contributed by atoms with Crippen LogP contribution >= 0.6 is 0 Å². The lowest BCUT2D eigenvalue weighted by Gasteiger charge is -2.49. The van der Waals surface area contributed by atoms with Gasteiger partial charge in [-0.25, -0.2) is 0 Å². The minimum absolute atomic E-state index is 0.585. The van der Waals surface area contributed by atoms with Gasteiger partial charge in [-0.3, -0.25) is 0 Å². The fraction of sp³-hybridized carbons (Fsp3) is 1.00. The first-order valence-electron chi connectivity index (χ1n) is 6.28. The summed E-state index contributed by atoms with van der Waals surface area (Å²) < 4.78 is 10.8. The summed E-state index contributed by atoms with van der Waals surface area (Å²) in [6.45, 7) is 6.55. The van der Waals surface area contributed by atoms with E-state index < -0.39 is 0 Å². The van der Waals surface area contributed by atoms with Gasteiger partial charge in [-0.15, -0.1) is 0 Å². The van der Waals surface area contributed by atoms with E-state index in [4.69, 9.17) is 9.47 Å². The first kappa shape index (κ1) is 10.1. The largest absolute Gasteiger partial charge is 0.381 e. The third kappa shape index (κ3) is 1.93. The van der Waals surface area contributed by atoms with E-state index in [1.54, 1.807) is 0 Å². The zero-order valence-electron chi connectivity index (χ0n) is 9.41. The molecule has 3 aliphatic rings. The molecule has 0 aromatic heterocycles. The van der Waals surface area contributed by atoms with Crippen molar-refractivity contribution in [3.05, 3.63) is 0 Å². The topological polar surface area (TPSA) is 21.7 Å². The molecule has 3 heteroatoms. The van der Waals surface area contributed by atoms with E-state index in [0.29, 0.717) is 5.41 Å². The third-order valence-electron chi connectivity index (χ3n) is 4.38. The van der Waals surface area contributed by atoms with E-state index >= 15 is 0 Å². The normalized spacial score (nSPS) is 32.8. The second-order valence-corrected chi connectivity index (χ2v) is 5.37. The minimum atomic E-state index is 0.585. The zero-order valence-corrected chi connectivity index (χ0v) is 9.41. The Balaban J connectivity index is 1.52. The maximum absolute atomic E-state index is 5.42. The van der Waals surface area contributed by atoms with Gasteiger partial charge in [0.1, 0.15) is 0 Å². The molecule has 15 heavy (non-hydrogen) atoms. The van der Waals surface area contributed by atoms with Gasteiger partial charge in [0.25, 0.3) is 0 Å². The van der Waals surface area contributed by atoms with Crippen LogP contribution in [-0.2, 0) is 9.47 Å². The van der Waals surface area contributed by atoms with Crippen LogP contribution in [0.5, 0.6) is 0 Å². The lowest BCUT2D eigenvalue weighted by molar-refractivity contribution is -0.145. The second-order valence-electron chi connectivity index (χ2n) is 5.37. The number of hydrogen-bond donors (Lipinski definition) is 0. The van der Waals surface area contributed by atoms with Gasteiger partial charge in [-0.05, 0) is 38.8 Å². The monoisotopic (exact) mass is 211 g/mol. The number of ether oxygens (including phenoxy) is 2. The van der Waals surface area contributed by atoms with Crippen LogP contribution in [0.15, 0.2) is 0 Å². The summed E-state index contributed by atoms with van der Waals surface area (Å²) in [7, 11) is 0. The van der Waals surface area contributed by atoms with Crippen LogP contribution in [0.4, 0.5) is 0 Å². The fourth-order valence-electron chi connectivity index (χ4n) is 3.09. The smallest absolute Gasteiger partial charge is 0.0545 e. The number of likely N-dealkylation sites (tertiary alicyclic amines) is 1. The molecule has 0 bridgehead atoms. The molecule has 86 valence electrons. The molecule has 0 saturated carbocycles. The van der Waals surface area contributed by atoms with Crippen LogP contribution in [0.25, 0.3) is 0 Å².